The van der Waals surface area contributed by atoms with E-state index in [0.29, 0.717) is 36.8 Å². The highest BCUT2D eigenvalue weighted by Crippen LogP contribution is 2.33. The first-order valence-corrected chi connectivity index (χ1v) is 10.5. The molecule has 1 fully saturated rings. The van der Waals surface area contributed by atoms with E-state index in [4.69, 9.17) is 20.6 Å². The summed E-state index contributed by atoms with van der Waals surface area (Å²) in [4.78, 5) is 30.5. The molecule has 2 aromatic rings. The minimum Gasteiger partial charge on any atom is -0.454 e. The van der Waals surface area contributed by atoms with E-state index in [9.17, 15) is 9.59 Å². The van der Waals surface area contributed by atoms with Gasteiger partial charge >= 0.3 is 6.09 Å². The molecule has 0 aliphatic carbocycles. The summed E-state index contributed by atoms with van der Waals surface area (Å²) < 4.78 is 15.6. The van der Waals surface area contributed by atoms with Gasteiger partial charge < -0.3 is 24.4 Å². The number of terminal acetylenes is 1. The third-order valence-electron chi connectivity index (χ3n) is 5.03. The number of hydrogen-bond acceptors (Lipinski definition) is 7. The quantitative estimate of drug-likeness (QED) is 0.738. The second kappa shape index (κ2) is 9.05. The lowest BCUT2D eigenvalue weighted by atomic mass is 9.98. The van der Waals surface area contributed by atoms with E-state index in [0.717, 1.165) is 23.4 Å². The zero-order valence-electron chi connectivity index (χ0n) is 16.3. The molecule has 8 nitrogen and oxygen atoms in total. The monoisotopic (exact) mass is 427 g/mol. The summed E-state index contributed by atoms with van der Waals surface area (Å²) >= 11 is 1.48. The van der Waals surface area contributed by atoms with Crippen molar-refractivity contribution in [3.63, 3.8) is 0 Å². The fourth-order valence-corrected chi connectivity index (χ4v) is 4.38. The fraction of sp³-hybridized carbons (Fsp3) is 0.381. The van der Waals surface area contributed by atoms with Crippen molar-refractivity contribution in [1.82, 2.24) is 15.2 Å². The van der Waals surface area contributed by atoms with Crippen LogP contribution in [0.4, 0.5) is 4.79 Å². The minimum atomic E-state index is -0.380. The normalized spacial score (nSPS) is 15.5. The second-order valence-electron chi connectivity index (χ2n) is 6.96. The van der Waals surface area contributed by atoms with Gasteiger partial charge in [0.1, 0.15) is 5.69 Å². The molecule has 30 heavy (non-hydrogen) atoms. The van der Waals surface area contributed by atoms with Crippen LogP contribution in [0.2, 0.25) is 0 Å². The number of fused-ring (bicyclic) bond motifs is 1. The summed E-state index contributed by atoms with van der Waals surface area (Å²) in [6, 6.07) is 5.58. The molecule has 0 spiro atoms. The molecule has 156 valence electrons. The van der Waals surface area contributed by atoms with Crippen molar-refractivity contribution in [1.29, 1.82) is 0 Å². The summed E-state index contributed by atoms with van der Waals surface area (Å²) in [5.41, 5.74) is 1.33. The number of aromatic nitrogens is 1. The number of likely N-dealkylation sites (tertiary alicyclic amines) is 1. The summed E-state index contributed by atoms with van der Waals surface area (Å²) in [7, 11) is 0. The molecule has 3 heterocycles. The van der Waals surface area contributed by atoms with Gasteiger partial charge in [-0.3, -0.25) is 4.79 Å². The number of amides is 2. The maximum atomic E-state index is 12.5. The van der Waals surface area contributed by atoms with Gasteiger partial charge in [-0.15, -0.1) is 17.8 Å². The number of carbonyl (C=O) groups is 2. The van der Waals surface area contributed by atoms with E-state index in [-0.39, 0.29) is 31.3 Å². The largest absolute Gasteiger partial charge is 0.454 e. The van der Waals surface area contributed by atoms with Crippen molar-refractivity contribution in [2.75, 3.05) is 26.5 Å². The molecule has 9 heteroatoms. The Bertz CT molecular complexity index is 975. The minimum absolute atomic E-state index is 0.0179. The molecule has 0 unspecified atom stereocenters. The van der Waals surface area contributed by atoms with Crippen LogP contribution in [0, 0.1) is 12.3 Å². The van der Waals surface area contributed by atoms with Gasteiger partial charge in [0.25, 0.3) is 5.91 Å². The molecular weight excluding hydrogens is 406 g/mol. The van der Waals surface area contributed by atoms with E-state index >= 15 is 0 Å². The topological polar surface area (TPSA) is 90.0 Å². The maximum absolute atomic E-state index is 12.5. The number of carbonyl (C=O) groups excluding carboxylic acids is 2. The Labute approximate surface area is 178 Å². The number of benzene rings is 1. The first-order valence-electron chi connectivity index (χ1n) is 9.61. The maximum Gasteiger partial charge on any atom is 0.410 e. The third-order valence-corrected chi connectivity index (χ3v) is 6.03. The number of nitrogens with zero attached hydrogens (tertiary/aromatic N) is 2. The molecule has 0 atom stereocenters. The van der Waals surface area contributed by atoms with Crippen LogP contribution in [-0.4, -0.2) is 48.4 Å². The Morgan fingerprint density at radius 3 is 2.90 bits per heavy atom. The zero-order chi connectivity index (χ0) is 20.9. The molecule has 1 N–H and O–H groups in total. The van der Waals surface area contributed by atoms with E-state index in [1.165, 1.54) is 11.3 Å². The van der Waals surface area contributed by atoms with Crippen molar-refractivity contribution >= 4 is 23.3 Å². The Hall–Kier alpha value is -3.25. The van der Waals surface area contributed by atoms with Gasteiger partial charge in [-0.1, -0.05) is 12.0 Å². The number of hydrogen-bond donors (Lipinski definition) is 1. The number of ether oxygens (including phenoxy) is 3. The lowest BCUT2D eigenvalue weighted by molar-refractivity contribution is 0.0946. The van der Waals surface area contributed by atoms with Crippen molar-refractivity contribution in [2.45, 2.75) is 25.3 Å². The highest BCUT2D eigenvalue weighted by atomic mass is 32.1. The van der Waals surface area contributed by atoms with Crippen molar-refractivity contribution < 1.29 is 23.8 Å². The number of rotatable bonds is 5. The van der Waals surface area contributed by atoms with Gasteiger partial charge in [0, 0.05) is 30.9 Å². The van der Waals surface area contributed by atoms with Crippen LogP contribution in [0.15, 0.2) is 23.6 Å². The molecule has 0 saturated carbocycles. The van der Waals surface area contributed by atoms with Crippen LogP contribution in [-0.2, 0) is 11.3 Å². The van der Waals surface area contributed by atoms with Crippen LogP contribution < -0.4 is 14.8 Å². The Kier molecular flexibility index (Phi) is 6.05. The lowest BCUT2D eigenvalue weighted by Gasteiger charge is -2.30. The number of thiazole rings is 1. The molecule has 1 aromatic heterocycles. The lowest BCUT2D eigenvalue weighted by Crippen LogP contribution is -2.38. The van der Waals surface area contributed by atoms with Crippen LogP contribution in [0.3, 0.4) is 0 Å². The van der Waals surface area contributed by atoms with E-state index < -0.39 is 0 Å². The Morgan fingerprint density at radius 2 is 2.10 bits per heavy atom. The second-order valence-corrected chi connectivity index (χ2v) is 7.85. The molecule has 0 radical (unpaired) electrons. The summed E-state index contributed by atoms with van der Waals surface area (Å²) in [6.07, 6.45) is 6.28. The van der Waals surface area contributed by atoms with Crippen LogP contribution in [0.5, 0.6) is 11.5 Å². The van der Waals surface area contributed by atoms with E-state index in [1.807, 2.05) is 18.2 Å². The molecule has 4 rings (SSSR count). The molecule has 1 saturated heterocycles. The third kappa shape index (κ3) is 4.49. The molecule has 1 aromatic carbocycles. The van der Waals surface area contributed by atoms with Gasteiger partial charge in [-0.05, 0) is 30.5 Å². The van der Waals surface area contributed by atoms with Crippen LogP contribution in [0.25, 0.3) is 0 Å². The van der Waals surface area contributed by atoms with Gasteiger partial charge in [0.15, 0.2) is 18.1 Å². The smallest absolute Gasteiger partial charge is 0.410 e. The first-order chi connectivity index (χ1) is 14.6. The van der Waals surface area contributed by atoms with Crippen molar-refractivity contribution in [3.05, 3.63) is 39.8 Å². The van der Waals surface area contributed by atoms with Crippen LogP contribution in [0.1, 0.15) is 39.8 Å². The van der Waals surface area contributed by atoms with Gasteiger partial charge in [0.2, 0.25) is 6.79 Å². The van der Waals surface area contributed by atoms with Crippen LogP contribution >= 0.6 is 11.3 Å². The predicted molar refractivity (Wildman–Crippen MR) is 110 cm³/mol. The van der Waals surface area contributed by atoms with Gasteiger partial charge in [-0.2, -0.15) is 0 Å². The molecular formula is C21H21N3O5S. The highest BCUT2D eigenvalue weighted by molar-refractivity contribution is 7.09. The highest BCUT2D eigenvalue weighted by Gasteiger charge is 2.27. The molecule has 2 amide bonds. The molecule has 0 bridgehead atoms. The SMILES string of the molecule is C#CCOC(=O)N1CCC(c2nc(C(=O)NCc3ccc4c(c3)OCO4)cs2)CC1. The number of piperidine rings is 1. The predicted octanol–water partition coefficient (Wildman–Crippen LogP) is 2.75. The summed E-state index contributed by atoms with van der Waals surface area (Å²) in [5.74, 6) is 3.70. The summed E-state index contributed by atoms with van der Waals surface area (Å²) in [5, 5.41) is 5.58. The average Bonchev–Trinajstić information content (AvgIpc) is 3.45. The first kappa shape index (κ1) is 20.0. The summed E-state index contributed by atoms with van der Waals surface area (Å²) in [6.45, 7) is 1.74. The van der Waals surface area contributed by atoms with Gasteiger partial charge in [-0.25, -0.2) is 9.78 Å². The van der Waals surface area contributed by atoms with Crippen molar-refractivity contribution in [3.8, 4) is 23.8 Å². The fourth-order valence-electron chi connectivity index (χ4n) is 3.41. The molecule has 2 aliphatic rings. The van der Waals surface area contributed by atoms with Gasteiger partial charge in [0.05, 0.1) is 5.01 Å². The Morgan fingerprint density at radius 1 is 1.30 bits per heavy atom. The van der Waals surface area contributed by atoms with Crippen molar-refractivity contribution in [2.24, 2.45) is 0 Å². The van der Waals surface area contributed by atoms with E-state index in [1.54, 1.807) is 10.3 Å². The molecule has 2 aliphatic heterocycles. The number of nitrogens with one attached hydrogen (secondary N) is 1. The van der Waals surface area contributed by atoms with E-state index in [2.05, 4.69) is 16.2 Å². The Balaban J connectivity index is 1.28. The average molecular weight is 427 g/mol. The zero-order valence-corrected chi connectivity index (χ0v) is 17.1. The standard InChI is InChI=1S/C21H21N3O5S/c1-2-9-27-21(26)24-7-5-15(6-8-24)20-23-16(12-30-20)19(25)22-11-14-3-4-17-18(10-14)29-13-28-17/h1,3-4,10,12,15H,5-9,11,13H2,(H,22,25).